The maximum Gasteiger partial charge on any atom is 0.325 e. The Morgan fingerprint density at radius 2 is 1.65 bits per heavy atom. The second kappa shape index (κ2) is 6.29. The van der Waals surface area contributed by atoms with E-state index in [9.17, 15) is 9.59 Å². The summed E-state index contributed by atoms with van der Waals surface area (Å²) in [5, 5.41) is 1.55. The number of hydrogen-bond acceptors (Lipinski definition) is 6. The third-order valence-electron chi connectivity index (χ3n) is 4.14. The summed E-state index contributed by atoms with van der Waals surface area (Å²) < 4.78 is 9.97. The zero-order valence-electron chi connectivity index (χ0n) is 14.2. The molecule has 6 nitrogen and oxygen atoms in total. The second-order valence-corrected chi connectivity index (χ2v) is 6.34. The molecule has 0 bridgehead atoms. The van der Waals surface area contributed by atoms with Crippen LogP contribution in [-0.4, -0.2) is 43.9 Å². The van der Waals surface area contributed by atoms with E-state index < -0.39 is 29.0 Å². The van der Waals surface area contributed by atoms with Crippen LogP contribution in [-0.2, 0) is 23.9 Å². The van der Waals surface area contributed by atoms with Crippen molar-refractivity contribution in [2.24, 2.45) is 5.41 Å². The summed E-state index contributed by atoms with van der Waals surface area (Å²) >= 11 is 0. The van der Waals surface area contributed by atoms with E-state index in [4.69, 9.17) is 14.3 Å². The number of hydroxylamine groups is 2. The molecule has 1 aromatic carbocycles. The summed E-state index contributed by atoms with van der Waals surface area (Å²) in [7, 11) is 4.26. The first-order valence-electron chi connectivity index (χ1n) is 7.42. The molecule has 1 atom stereocenters. The van der Waals surface area contributed by atoms with E-state index in [0.717, 1.165) is 5.56 Å². The average Bonchev–Trinajstić information content (AvgIpc) is 2.52. The number of methoxy groups -OCH3 is 2. The van der Waals surface area contributed by atoms with Crippen LogP contribution in [0.5, 0.6) is 0 Å². The molecule has 0 amide bonds. The molecule has 0 N–H and O–H groups in total. The van der Waals surface area contributed by atoms with Crippen molar-refractivity contribution in [2.45, 2.75) is 31.9 Å². The fourth-order valence-electron chi connectivity index (χ4n) is 3.50. The number of nitrogens with zero attached hydrogens (tertiary/aromatic N) is 1. The molecule has 1 saturated heterocycles. The van der Waals surface area contributed by atoms with Gasteiger partial charge in [0, 0.05) is 13.5 Å². The predicted molar refractivity (Wildman–Crippen MR) is 83.2 cm³/mol. The third kappa shape index (κ3) is 2.96. The van der Waals surface area contributed by atoms with Gasteiger partial charge in [0.05, 0.1) is 25.9 Å². The van der Waals surface area contributed by atoms with Gasteiger partial charge >= 0.3 is 11.9 Å². The minimum atomic E-state index is -1.50. The largest absolute Gasteiger partial charge is 0.468 e. The highest BCUT2D eigenvalue weighted by atomic mass is 16.7. The quantitative estimate of drug-likeness (QED) is 0.627. The van der Waals surface area contributed by atoms with Gasteiger partial charge in [-0.2, -0.15) is 5.06 Å². The molecular formula is C17H23NO5. The molecule has 1 heterocycles. The topological polar surface area (TPSA) is 65.1 Å². The molecule has 2 rings (SSSR count). The number of rotatable bonds is 3. The average molecular weight is 321 g/mol. The Labute approximate surface area is 136 Å². The predicted octanol–water partition coefficient (Wildman–Crippen LogP) is 2.11. The van der Waals surface area contributed by atoms with Crippen molar-refractivity contribution in [3.63, 3.8) is 0 Å². The van der Waals surface area contributed by atoms with Gasteiger partial charge in [0.25, 0.3) is 0 Å². The zero-order valence-corrected chi connectivity index (χ0v) is 14.2. The van der Waals surface area contributed by atoms with E-state index in [2.05, 4.69) is 0 Å². The number of ether oxygens (including phenoxy) is 2. The van der Waals surface area contributed by atoms with Gasteiger partial charge in [0.2, 0.25) is 0 Å². The van der Waals surface area contributed by atoms with Crippen LogP contribution in [0.3, 0.4) is 0 Å². The Balaban J connectivity index is 2.67. The Bertz CT molecular complexity index is 568. The standard InChI is InChI=1S/C17H23NO5/c1-16(2)11-17(14(19)21-4,15(20)22-5)13(18(3)23-16)12-9-7-6-8-10-12/h6-10,13H,11H2,1-5H3/t13-/m1/s1. The van der Waals surface area contributed by atoms with Crippen molar-refractivity contribution < 1.29 is 23.9 Å². The van der Waals surface area contributed by atoms with Crippen LogP contribution in [0.1, 0.15) is 31.9 Å². The fraction of sp³-hybridized carbons (Fsp3) is 0.529. The molecule has 23 heavy (non-hydrogen) atoms. The number of carbonyl (C=O) groups is 2. The smallest absolute Gasteiger partial charge is 0.325 e. The summed E-state index contributed by atoms with van der Waals surface area (Å²) in [5.41, 5.74) is -1.44. The summed E-state index contributed by atoms with van der Waals surface area (Å²) in [6.45, 7) is 3.65. The Morgan fingerprint density at radius 3 is 2.13 bits per heavy atom. The number of esters is 2. The maximum absolute atomic E-state index is 12.7. The van der Waals surface area contributed by atoms with Gasteiger partial charge in [0.1, 0.15) is 0 Å². The van der Waals surface area contributed by atoms with Crippen molar-refractivity contribution in [2.75, 3.05) is 21.3 Å². The van der Waals surface area contributed by atoms with Gasteiger partial charge in [-0.3, -0.25) is 14.4 Å². The van der Waals surface area contributed by atoms with Gasteiger partial charge < -0.3 is 9.47 Å². The van der Waals surface area contributed by atoms with Crippen LogP contribution in [0.4, 0.5) is 0 Å². The summed E-state index contributed by atoms with van der Waals surface area (Å²) in [6, 6.07) is 8.63. The van der Waals surface area contributed by atoms with Crippen LogP contribution in [0.25, 0.3) is 0 Å². The Kier molecular flexibility index (Phi) is 4.77. The molecule has 0 aromatic heterocycles. The van der Waals surface area contributed by atoms with Gasteiger partial charge in [0.15, 0.2) is 5.41 Å². The monoisotopic (exact) mass is 321 g/mol. The number of hydrogen-bond donors (Lipinski definition) is 0. The van der Waals surface area contributed by atoms with Crippen LogP contribution in [0, 0.1) is 5.41 Å². The van der Waals surface area contributed by atoms with E-state index in [1.165, 1.54) is 14.2 Å². The first kappa shape index (κ1) is 17.4. The van der Waals surface area contributed by atoms with Crippen molar-refractivity contribution >= 4 is 11.9 Å². The highest BCUT2D eigenvalue weighted by molar-refractivity contribution is 6.01. The third-order valence-corrected chi connectivity index (χ3v) is 4.14. The van der Waals surface area contributed by atoms with E-state index >= 15 is 0 Å². The van der Waals surface area contributed by atoms with E-state index in [1.54, 1.807) is 12.1 Å². The summed E-state index contributed by atoms with van der Waals surface area (Å²) in [5.74, 6) is -1.25. The summed E-state index contributed by atoms with van der Waals surface area (Å²) in [4.78, 5) is 31.3. The lowest BCUT2D eigenvalue weighted by atomic mass is 9.69. The highest BCUT2D eigenvalue weighted by Crippen LogP contribution is 2.51. The van der Waals surface area contributed by atoms with Crippen molar-refractivity contribution in [3.8, 4) is 0 Å². The van der Waals surface area contributed by atoms with Crippen LogP contribution >= 0.6 is 0 Å². The molecular weight excluding hydrogens is 298 g/mol. The molecule has 0 saturated carbocycles. The SMILES string of the molecule is COC(=O)C1(C(=O)OC)CC(C)(C)ON(C)[C@@H]1c1ccccc1. The normalized spacial score (nSPS) is 23.1. The molecule has 1 fully saturated rings. The molecule has 0 aliphatic carbocycles. The first-order valence-corrected chi connectivity index (χ1v) is 7.42. The van der Waals surface area contributed by atoms with Crippen molar-refractivity contribution in [1.82, 2.24) is 5.06 Å². The molecule has 6 heteroatoms. The van der Waals surface area contributed by atoms with Crippen LogP contribution in [0.15, 0.2) is 30.3 Å². The molecule has 126 valence electrons. The van der Waals surface area contributed by atoms with E-state index in [-0.39, 0.29) is 6.42 Å². The highest BCUT2D eigenvalue weighted by Gasteiger charge is 2.62. The fourth-order valence-corrected chi connectivity index (χ4v) is 3.50. The van der Waals surface area contributed by atoms with Crippen LogP contribution < -0.4 is 0 Å². The minimum Gasteiger partial charge on any atom is -0.468 e. The van der Waals surface area contributed by atoms with Crippen LogP contribution in [0.2, 0.25) is 0 Å². The Hall–Kier alpha value is -1.92. The lowest BCUT2D eigenvalue weighted by Crippen LogP contribution is -2.60. The lowest BCUT2D eigenvalue weighted by molar-refractivity contribution is -0.304. The number of benzene rings is 1. The van der Waals surface area contributed by atoms with Crippen molar-refractivity contribution in [3.05, 3.63) is 35.9 Å². The summed E-state index contributed by atoms with van der Waals surface area (Å²) in [6.07, 6.45) is 0.156. The Morgan fingerprint density at radius 1 is 1.13 bits per heavy atom. The molecule has 0 radical (unpaired) electrons. The number of carbonyl (C=O) groups excluding carboxylic acids is 2. The van der Waals surface area contributed by atoms with E-state index in [1.807, 2.05) is 44.2 Å². The van der Waals surface area contributed by atoms with Gasteiger partial charge in [-0.25, -0.2) is 0 Å². The molecule has 1 aromatic rings. The lowest BCUT2D eigenvalue weighted by Gasteiger charge is -2.50. The molecule has 0 unspecified atom stereocenters. The second-order valence-electron chi connectivity index (χ2n) is 6.34. The van der Waals surface area contributed by atoms with E-state index in [0.29, 0.717) is 0 Å². The van der Waals surface area contributed by atoms with Crippen molar-refractivity contribution in [1.29, 1.82) is 0 Å². The van der Waals surface area contributed by atoms with Gasteiger partial charge in [-0.15, -0.1) is 0 Å². The van der Waals surface area contributed by atoms with Gasteiger partial charge in [-0.05, 0) is 19.4 Å². The first-order chi connectivity index (χ1) is 10.8. The maximum atomic E-state index is 12.7. The molecule has 0 spiro atoms. The molecule has 1 aliphatic heterocycles. The minimum absolute atomic E-state index is 0.156. The zero-order chi connectivity index (χ0) is 17.3. The molecule has 1 aliphatic rings. The van der Waals surface area contributed by atoms with Gasteiger partial charge in [-0.1, -0.05) is 30.3 Å².